The van der Waals surface area contributed by atoms with Crippen molar-refractivity contribution in [3.63, 3.8) is 0 Å². The van der Waals surface area contributed by atoms with E-state index in [1.54, 1.807) is 20.8 Å². The Morgan fingerprint density at radius 1 is 0.972 bits per heavy atom. The zero-order valence-electron chi connectivity index (χ0n) is 22.7. The van der Waals surface area contributed by atoms with Crippen LogP contribution in [0.1, 0.15) is 88.1 Å². The number of hydrogen-bond donors (Lipinski definition) is 2. The molecule has 0 bridgehead atoms. The average Bonchev–Trinajstić information content (AvgIpc) is 2.79. The van der Waals surface area contributed by atoms with Crippen LogP contribution in [0.15, 0.2) is 36.4 Å². The van der Waals surface area contributed by atoms with Gasteiger partial charge in [0.15, 0.2) is 9.84 Å². The molecule has 0 aromatic heterocycles. The van der Waals surface area contributed by atoms with E-state index in [1.165, 1.54) is 0 Å². The van der Waals surface area contributed by atoms with Crippen LogP contribution in [0.2, 0.25) is 0 Å². The number of aliphatic carboxylic acids is 1. The number of ether oxygens (including phenoxy) is 1. The van der Waals surface area contributed by atoms with Gasteiger partial charge in [-0.25, -0.2) is 8.42 Å². The first-order chi connectivity index (χ1) is 16.7. The fourth-order valence-electron chi connectivity index (χ4n) is 4.48. The maximum atomic E-state index is 12.8. The van der Waals surface area contributed by atoms with Crippen LogP contribution in [0.25, 0.3) is 0 Å². The highest BCUT2D eigenvalue weighted by Gasteiger charge is 2.33. The van der Waals surface area contributed by atoms with E-state index in [4.69, 9.17) is 9.84 Å². The van der Waals surface area contributed by atoms with E-state index in [0.29, 0.717) is 5.75 Å². The Labute approximate surface area is 216 Å². The molecule has 6 nitrogen and oxygen atoms in total. The lowest BCUT2D eigenvalue weighted by atomic mass is 9.70. The highest BCUT2D eigenvalue weighted by atomic mass is 32.2. The number of hydrogen-bond acceptors (Lipinski definition) is 5. The standard InChI is InChI=1S/C29H42O6S/c1-8-29(9-2,23-11-10-22(20(3)16-23)19-36(33,34)28(5,6)7)24-12-14-26(21(4)17-24)35-18-25(30)13-15-27(31)32/h10-12,14,16-17,25,30H,8-9,13,15,18-19H2,1-7H3,(H,31,32). The molecule has 0 saturated heterocycles. The van der Waals surface area contributed by atoms with Crippen molar-refractivity contribution in [3.05, 3.63) is 64.2 Å². The third-order valence-electron chi connectivity index (χ3n) is 7.23. The van der Waals surface area contributed by atoms with E-state index in [9.17, 15) is 18.3 Å². The van der Waals surface area contributed by atoms with Crippen LogP contribution < -0.4 is 4.74 Å². The number of carbonyl (C=O) groups is 1. The molecule has 0 radical (unpaired) electrons. The lowest BCUT2D eigenvalue weighted by Crippen LogP contribution is -2.30. The summed E-state index contributed by atoms with van der Waals surface area (Å²) in [6.07, 6.45) is 0.951. The maximum absolute atomic E-state index is 12.8. The lowest BCUT2D eigenvalue weighted by molar-refractivity contribution is -0.137. The van der Waals surface area contributed by atoms with Crippen LogP contribution in [0.3, 0.4) is 0 Å². The van der Waals surface area contributed by atoms with Gasteiger partial charge in [-0.3, -0.25) is 4.79 Å². The predicted octanol–water partition coefficient (Wildman–Crippen LogP) is 5.73. The summed E-state index contributed by atoms with van der Waals surface area (Å²) in [6, 6.07) is 12.2. The highest BCUT2D eigenvalue weighted by Crippen LogP contribution is 2.41. The first-order valence-electron chi connectivity index (χ1n) is 12.6. The number of carboxylic acids is 1. The molecule has 1 unspecified atom stereocenters. The van der Waals surface area contributed by atoms with E-state index < -0.39 is 26.7 Å². The van der Waals surface area contributed by atoms with Gasteiger partial charge in [-0.05, 0) is 87.8 Å². The Bertz CT molecular complexity index is 1160. The lowest BCUT2D eigenvalue weighted by Gasteiger charge is -2.34. The van der Waals surface area contributed by atoms with Crippen LogP contribution in [-0.4, -0.2) is 42.1 Å². The van der Waals surface area contributed by atoms with Crippen molar-refractivity contribution in [2.24, 2.45) is 0 Å². The molecular formula is C29H42O6S. The summed E-state index contributed by atoms with van der Waals surface area (Å²) < 4.78 is 30.5. The van der Waals surface area contributed by atoms with Gasteiger partial charge in [0.05, 0.1) is 16.6 Å². The number of aliphatic hydroxyl groups excluding tert-OH is 1. The SMILES string of the molecule is CCC(CC)(c1ccc(CS(=O)(=O)C(C)(C)C)c(C)c1)c1ccc(OCC(O)CCC(=O)O)c(C)c1. The second-order valence-electron chi connectivity index (χ2n) is 10.7. The molecule has 0 saturated carbocycles. The monoisotopic (exact) mass is 518 g/mol. The van der Waals surface area contributed by atoms with Gasteiger partial charge >= 0.3 is 5.97 Å². The zero-order chi connectivity index (χ0) is 27.3. The van der Waals surface area contributed by atoms with Gasteiger partial charge in [0.1, 0.15) is 12.4 Å². The van der Waals surface area contributed by atoms with Gasteiger partial charge in [-0.1, -0.05) is 44.2 Å². The van der Waals surface area contributed by atoms with Gasteiger partial charge in [-0.2, -0.15) is 0 Å². The Kier molecular flexibility index (Phi) is 9.77. The largest absolute Gasteiger partial charge is 0.491 e. The van der Waals surface area contributed by atoms with E-state index in [1.807, 2.05) is 32.0 Å². The van der Waals surface area contributed by atoms with Gasteiger partial charge in [0.2, 0.25) is 0 Å². The summed E-state index contributed by atoms with van der Waals surface area (Å²) in [4.78, 5) is 10.7. The van der Waals surface area contributed by atoms with Crippen molar-refractivity contribution in [2.45, 2.75) is 96.2 Å². The first kappa shape index (κ1) is 29.8. The quantitative estimate of drug-likeness (QED) is 0.372. The van der Waals surface area contributed by atoms with Crippen molar-refractivity contribution >= 4 is 15.8 Å². The molecule has 0 fully saturated rings. The molecule has 2 aromatic rings. The smallest absolute Gasteiger partial charge is 0.303 e. The molecule has 2 N–H and O–H groups in total. The summed E-state index contributed by atoms with van der Waals surface area (Å²) in [5, 5.41) is 18.8. The van der Waals surface area contributed by atoms with Crippen molar-refractivity contribution in [1.29, 1.82) is 0 Å². The maximum Gasteiger partial charge on any atom is 0.303 e. The molecule has 0 spiro atoms. The molecule has 7 heteroatoms. The van der Waals surface area contributed by atoms with Crippen molar-refractivity contribution in [3.8, 4) is 5.75 Å². The molecule has 0 aliphatic heterocycles. The molecule has 2 rings (SSSR count). The molecular weight excluding hydrogens is 476 g/mol. The second kappa shape index (κ2) is 11.8. The summed E-state index contributed by atoms with van der Waals surface area (Å²) in [7, 11) is -3.28. The molecule has 0 aliphatic rings. The number of benzene rings is 2. The van der Waals surface area contributed by atoms with Crippen LogP contribution >= 0.6 is 0 Å². The van der Waals surface area contributed by atoms with Crippen molar-refractivity contribution in [1.82, 2.24) is 0 Å². The van der Waals surface area contributed by atoms with Gasteiger partial charge in [-0.15, -0.1) is 0 Å². The average molecular weight is 519 g/mol. The normalized spacial score (nSPS) is 13.4. The number of carboxylic acid groups (broad SMARTS) is 1. The molecule has 0 heterocycles. The zero-order valence-corrected chi connectivity index (χ0v) is 23.5. The van der Waals surface area contributed by atoms with Crippen LogP contribution in [-0.2, 0) is 25.8 Å². The second-order valence-corrected chi connectivity index (χ2v) is 13.4. The summed E-state index contributed by atoms with van der Waals surface area (Å²) in [5.41, 5.74) is 4.80. The third-order valence-corrected chi connectivity index (χ3v) is 9.79. The van der Waals surface area contributed by atoms with E-state index in [0.717, 1.165) is 40.7 Å². The van der Waals surface area contributed by atoms with E-state index in [2.05, 4.69) is 32.0 Å². The number of aryl methyl sites for hydroxylation is 2. The van der Waals surface area contributed by atoms with Crippen molar-refractivity contribution in [2.75, 3.05) is 6.61 Å². The van der Waals surface area contributed by atoms with Gasteiger partial charge in [0.25, 0.3) is 0 Å². The Balaban J connectivity index is 2.33. The number of rotatable bonds is 12. The Morgan fingerprint density at radius 2 is 1.53 bits per heavy atom. The molecule has 36 heavy (non-hydrogen) atoms. The molecule has 0 amide bonds. The fourth-order valence-corrected chi connectivity index (χ4v) is 5.64. The number of sulfone groups is 1. The summed E-state index contributed by atoms with van der Waals surface area (Å²) >= 11 is 0. The van der Waals surface area contributed by atoms with Gasteiger partial charge < -0.3 is 14.9 Å². The molecule has 2 aromatic carbocycles. The van der Waals surface area contributed by atoms with Crippen LogP contribution in [0, 0.1) is 13.8 Å². The topological polar surface area (TPSA) is 101 Å². The fraction of sp³-hybridized carbons (Fsp3) is 0.552. The predicted molar refractivity (Wildman–Crippen MR) is 144 cm³/mol. The molecule has 1 atom stereocenters. The van der Waals surface area contributed by atoms with E-state index >= 15 is 0 Å². The highest BCUT2D eigenvalue weighted by molar-refractivity contribution is 7.91. The third kappa shape index (κ3) is 6.88. The van der Waals surface area contributed by atoms with Crippen LogP contribution in [0.5, 0.6) is 5.75 Å². The minimum absolute atomic E-state index is 0.0251. The molecule has 200 valence electrons. The Hall–Kier alpha value is -2.38. The minimum atomic E-state index is -3.28. The molecule has 0 aliphatic carbocycles. The Morgan fingerprint density at radius 3 is 2.00 bits per heavy atom. The first-order valence-corrected chi connectivity index (χ1v) is 14.3. The summed E-state index contributed by atoms with van der Waals surface area (Å²) in [5.74, 6) is -0.255. The minimum Gasteiger partial charge on any atom is -0.491 e. The van der Waals surface area contributed by atoms with Crippen LogP contribution in [0.4, 0.5) is 0 Å². The summed E-state index contributed by atoms with van der Waals surface area (Å²) in [6.45, 7) is 13.5. The van der Waals surface area contributed by atoms with E-state index in [-0.39, 0.29) is 30.6 Å². The van der Waals surface area contributed by atoms with Gasteiger partial charge in [0, 0.05) is 11.8 Å². The van der Waals surface area contributed by atoms with Crippen molar-refractivity contribution < 1.29 is 28.2 Å². The number of aliphatic hydroxyl groups is 1.